The molecule has 8 aromatic rings. The van der Waals surface area contributed by atoms with E-state index in [-0.39, 0.29) is 71.2 Å². The van der Waals surface area contributed by atoms with Gasteiger partial charge in [-0.05, 0) is 238 Å². The summed E-state index contributed by atoms with van der Waals surface area (Å²) in [6, 6.07) is 20.7. The van der Waals surface area contributed by atoms with Gasteiger partial charge in [-0.1, -0.05) is 240 Å². The number of nitrogens with one attached hydrogen (secondary N) is 7. The Labute approximate surface area is 768 Å². The number of terminal acetylenes is 1. The van der Waals surface area contributed by atoms with Crippen molar-refractivity contribution in [3.63, 3.8) is 0 Å². The number of halogens is 6. The molecule has 8 aliphatic rings. The van der Waals surface area contributed by atoms with Crippen molar-refractivity contribution in [1.29, 1.82) is 0 Å². The molecule has 0 saturated heterocycles. The van der Waals surface area contributed by atoms with Gasteiger partial charge < -0.3 is 55.8 Å². The molecular weight excluding hydrogens is 1630 g/mol. The Balaban J connectivity index is 0.000000155. The van der Waals surface area contributed by atoms with Crippen LogP contribution < -0.4 is 51.4 Å². The lowest BCUT2D eigenvalue weighted by Gasteiger charge is -2.32. The molecule has 0 fully saturated rings. The van der Waals surface area contributed by atoms with Gasteiger partial charge in [-0.3, -0.25) is 4.99 Å². The van der Waals surface area contributed by atoms with E-state index in [9.17, 15) is 17.6 Å². The predicted molar refractivity (Wildman–Crippen MR) is 521 cm³/mol. The first-order valence-corrected chi connectivity index (χ1v) is 46.6. The molecule has 8 aliphatic heterocycles. The molecule has 16 rings (SSSR count). The Bertz CT molecular complexity index is 5310. The standard InChI is InChI=1S/C17H21FN2.C17H26FN.C17H27N.C16H19FN2O.C15H19NO.C13H17ClFNO.C13H18ClNO/c1-17(2,3)15-8-13(11-4-6-19-9-11)16(18)12-5-7-20-10-14(12)15;1-16(2,3)13-9-14(17(4,5)6)15(18)11-7-8-19-10-12(11)13;1-16(2,3)13-9-12-7-8-18-11-14(12)15(10-13)17(4,5)6;1-16(2,3)13-8-11(15-19-6-7-20-15)14(17)10-4-5-18-9-12(10)13;1-5-11-8-13(15(2,3)4)12-10-16-6-7-17-14(12)9-11;1-13(2,3)9-6-10(14)11(15)12-8(9)7-16-4-5-17-12;1-13(2,3)11-6-9(14)7-12-10(11)8-15-4-5-16-12/h4,8-9,20H,5-7,10H2,1-3H3;9,19H,7-8,10H2,1-6H3;9-10,18H,7-8,11H2,1-6H3;6-8,18H,4-5,9H2,1-3H3;1,8-9,16H,6-7,10H2,2-4H3;6,16H,4-5,7H2,1-3H3;6-7,15H,4-5,8H2,1-3H3. The number of fused-ring (bicyclic) bond motifs is 7. The molecule has 127 heavy (non-hydrogen) atoms. The number of nitrogens with zero attached hydrogens (tertiary/aromatic N) is 2. The highest BCUT2D eigenvalue weighted by Crippen LogP contribution is 2.45. The largest absolute Gasteiger partial charge is 0.492 e. The van der Waals surface area contributed by atoms with E-state index in [1.807, 2.05) is 30.3 Å². The monoisotopic (exact) mass is 1780 g/mol. The number of aromatic nitrogens is 1. The van der Waals surface area contributed by atoms with Crippen LogP contribution in [0.3, 0.4) is 0 Å². The molecule has 0 bridgehead atoms. The van der Waals surface area contributed by atoms with E-state index < -0.39 is 5.82 Å². The van der Waals surface area contributed by atoms with Crippen LogP contribution in [-0.2, 0) is 120 Å². The number of allylic oxidation sites excluding steroid dienone is 1. The molecule has 0 radical (unpaired) electrons. The lowest BCUT2D eigenvalue weighted by molar-refractivity contribution is 0.309. The zero-order chi connectivity index (χ0) is 93.5. The highest BCUT2D eigenvalue weighted by Gasteiger charge is 2.35. The van der Waals surface area contributed by atoms with Crippen LogP contribution >= 0.6 is 23.2 Å². The van der Waals surface area contributed by atoms with Crippen LogP contribution in [-0.4, -0.2) is 83.4 Å². The average molecular weight is 1780 g/mol. The number of benzene rings is 7. The summed E-state index contributed by atoms with van der Waals surface area (Å²) in [7, 11) is 0. The Morgan fingerprint density at radius 1 is 0.362 bits per heavy atom. The summed E-state index contributed by atoms with van der Waals surface area (Å²) in [5.74, 6) is 4.60. The summed E-state index contributed by atoms with van der Waals surface area (Å²) >= 11 is 12.1. The van der Waals surface area contributed by atoms with E-state index >= 15 is 0 Å². The van der Waals surface area contributed by atoms with Crippen molar-refractivity contribution < 1.29 is 36.2 Å². The van der Waals surface area contributed by atoms with Crippen LogP contribution in [0.15, 0.2) is 88.6 Å². The van der Waals surface area contributed by atoms with Gasteiger partial charge in [-0.25, -0.2) is 22.5 Å². The van der Waals surface area contributed by atoms with Crippen molar-refractivity contribution in [3.05, 3.63) is 235 Å². The van der Waals surface area contributed by atoms with Crippen molar-refractivity contribution in [2.45, 2.75) is 307 Å². The van der Waals surface area contributed by atoms with Gasteiger partial charge in [0.15, 0.2) is 11.6 Å². The molecule has 9 heterocycles. The van der Waals surface area contributed by atoms with Gasteiger partial charge in [0.25, 0.3) is 0 Å². The highest BCUT2D eigenvalue weighted by atomic mass is 35.5. The van der Waals surface area contributed by atoms with E-state index in [0.29, 0.717) is 56.5 Å². The molecular formula is C108H147Cl2F4N9O4. The van der Waals surface area contributed by atoms with E-state index in [1.165, 1.54) is 62.8 Å². The lowest BCUT2D eigenvalue weighted by atomic mass is 9.75. The van der Waals surface area contributed by atoms with E-state index in [2.05, 4.69) is 270 Å². The van der Waals surface area contributed by atoms with E-state index in [4.69, 9.17) is 48.3 Å². The smallest absolute Gasteiger partial charge is 0.228 e. The van der Waals surface area contributed by atoms with Gasteiger partial charge in [0.05, 0.1) is 23.3 Å². The molecule has 7 aromatic carbocycles. The SMILES string of the molecule is C#Cc1cc2c(c(C(C)(C)C)c1)CNCCO2.CC(C)(C)c1cc(-c2ncco2)c(F)c2c1CNCC2.CC(C)(C)c1cc(C(C)(C)C)c2c(c1F)CCNC2.CC(C)(C)c1cc(C2=CCN=C2)c(F)c2c1CNCC2.CC(C)(C)c1cc(Cl)c(F)c2c1CNCCO2.CC(C)(C)c1cc(Cl)cc2c1CNCCO2.CC(C)(C)c1cc2c(c(C(C)(C)C)c1)CNCC2. The third kappa shape index (κ3) is 25.5. The van der Waals surface area contributed by atoms with E-state index in [1.54, 1.807) is 29.6 Å². The van der Waals surface area contributed by atoms with E-state index in [0.717, 1.165) is 181 Å². The van der Waals surface area contributed by atoms with Gasteiger partial charge >= 0.3 is 0 Å². The minimum absolute atomic E-state index is 0.0157. The maximum atomic E-state index is 14.8. The van der Waals surface area contributed by atoms with Crippen LogP contribution in [0.1, 0.15) is 309 Å². The van der Waals surface area contributed by atoms with Gasteiger partial charge in [0, 0.05) is 110 Å². The molecule has 690 valence electrons. The summed E-state index contributed by atoms with van der Waals surface area (Å²) in [5, 5.41) is 24.4. The third-order valence-corrected chi connectivity index (χ3v) is 25.0. The number of ether oxygens (including phenoxy) is 3. The minimum Gasteiger partial charge on any atom is -0.492 e. The van der Waals surface area contributed by atoms with Gasteiger partial charge in [0.1, 0.15) is 55.0 Å². The van der Waals surface area contributed by atoms with Crippen LogP contribution in [0, 0.1) is 35.6 Å². The Kier molecular flexibility index (Phi) is 32.9. The highest BCUT2D eigenvalue weighted by molar-refractivity contribution is 6.31. The number of hydrogen-bond acceptors (Lipinski definition) is 13. The summed E-state index contributed by atoms with van der Waals surface area (Å²) in [6.07, 6.45) is 15.8. The summed E-state index contributed by atoms with van der Waals surface area (Å²) in [4.78, 5) is 8.29. The summed E-state index contributed by atoms with van der Waals surface area (Å²) < 4.78 is 80.6. The molecule has 0 atom stereocenters. The maximum Gasteiger partial charge on any atom is 0.228 e. The molecule has 0 aliphatic carbocycles. The lowest BCUT2D eigenvalue weighted by Crippen LogP contribution is -2.30. The predicted octanol–water partition coefficient (Wildman–Crippen LogP) is 23.5. The molecule has 13 nitrogen and oxygen atoms in total. The number of oxazole rings is 1. The van der Waals surface area contributed by atoms with Crippen molar-refractivity contribution in [2.24, 2.45) is 4.99 Å². The minimum atomic E-state index is -0.446. The fourth-order valence-corrected chi connectivity index (χ4v) is 18.1. The molecule has 0 amide bonds. The number of rotatable bonds is 2. The second-order valence-electron chi connectivity index (χ2n) is 44.0. The molecule has 0 spiro atoms. The molecule has 0 unspecified atom stereocenters. The first-order chi connectivity index (χ1) is 59.2. The maximum absolute atomic E-state index is 14.8. The van der Waals surface area contributed by atoms with Gasteiger partial charge in [0.2, 0.25) is 5.89 Å². The molecule has 19 heteroatoms. The number of hydrogen-bond donors (Lipinski definition) is 7. The van der Waals surface area contributed by atoms with Crippen molar-refractivity contribution in [2.75, 3.05) is 72.2 Å². The zero-order valence-electron chi connectivity index (χ0n) is 81.5. The summed E-state index contributed by atoms with van der Waals surface area (Å²) in [5.41, 5.74) is 27.1. The third-order valence-electron chi connectivity index (χ3n) is 24.5. The van der Waals surface area contributed by atoms with Crippen molar-refractivity contribution in [1.82, 2.24) is 42.2 Å². The second kappa shape index (κ2) is 41.3. The Morgan fingerprint density at radius 3 is 1.21 bits per heavy atom. The first kappa shape index (κ1) is 101. The first-order valence-electron chi connectivity index (χ1n) is 45.8. The average Bonchev–Trinajstić information content (AvgIpc) is 1.68. The van der Waals surface area contributed by atoms with Crippen LogP contribution in [0.4, 0.5) is 17.6 Å². The molecule has 7 N–H and O–H groups in total. The van der Waals surface area contributed by atoms with Crippen molar-refractivity contribution >= 4 is 35.0 Å². The topological polar surface area (TPSA) is 150 Å². The Hall–Kier alpha value is -7.86. The second-order valence-corrected chi connectivity index (χ2v) is 44.9. The molecule has 1 aromatic heterocycles. The fraction of sp³-hybridized carbons (Fsp3) is 0.537. The van der Waals surface area contributed by atoms with Gasteiger partial charge in [-0.15, -0.1) is 6.42 Å². The van der Waals surface area contributed by atoms with Gasteiger partial charge in [-0.2, -0.15) is 0 Å². The summed E-state index contributed by atoms with van der Waals surface area (Å²) in [6.45, 7) is 73.6. The normalized spacial score (nSPS) is 16.3. The van der Waals surface area contributed by atoms with Crippen LogP contribution in [0.2, 0.25) is 10.0 Å². The van der Waals surface area contributed by atoms with Crippen LogP contribution in [0.25, 0.3) is 17.0 Å². The number of aliphatic imine (C=N–C) groups is 1. The van der Waals surface area contributed by atoms with Crippen LogP contribution in [0.5, 0.6) is 17.2 Å². The Morgan fingerprint density at radius 2 is 0.756 bits per heavy atom. The fourth-order valence-electron chi connectivity index (χ4n) is 17.7. The quantitative estimate of drug-likeness (QED) is 0.0652. The molecule has 0 saturated carbocycles. The van der Waals surface area contributed by atoms with Crippen molar-refractivity contribution in [3.8, 4) is 41.0 Å². The zero-order valence-corrected chi connectivity index (χ0v) is 83.0.